The highest BCUT2D eigenvalue weighted by Gasteiger charge is 2.18. The fourth-order valence-electron chi connectivity index (χ4n) is 1.76. The summed E-state index contributed by atoms with van der Waals surface area (Å²) in [6.45, 7) is 1.01. The Hall–Kier alpha value is -2.60. The maximum absolute atomic E-state index is 13.0. The van der Waals surface area contributed by atoms with E-state index < -0.39 is 30.4 Å². The molecule has 2 aromatic rings. The van der Waals surface area contributed by atoms with Gasteiger partial charge >= 0.3 is 5.97 Å². The smallest absolute Gasteiger partial charge is 0.344 e. The van der Waals surface area contributed by atoms with Crippen LogP contribution in [0, 0.1) is 5.82 Å². The van der Waals surface area contributed by atoms with Crippen LogP contribution in [-0.2, 0) is 14.3 Å². The van der Waals surface area contributed by atoms with Crippen LogP contribution >= 0.6 is 11.6 Å². The standard InChI is InChI=1S/C17H15ClFNO4/c1-11(17(22)20-14-7-5-12(18)6-8-14)24-16(21)10-23-15-4-2-3-13(19)9-15/h2-9,11H,10H2,1H3,(H,20,22)/t11-/m1/s1. The zero-order valence-electron chi connectivity index (χ0n) is 12.8. The predicted molar refractivity (Wildman–Crippen MR) is 87.5 cm³/mol. The number of halogens is 2. The molecule has 0 saturated heterocycles. The fourth-order valence-corrected chi connectivity index (χ4v) is 1.89. The van der Waals surface area contributed by atoms with Gasteiger partial charge in [-0.2, -0.15) is 0 Å². The van der Waals surface area contributed by atoms with Gasteiger partial charge < -0.3 is 14.8 Å². The molecule has 24 heavy (non-hydrogen) atoms. The Morgan fingerprint density at radius 1 is 1.21 bits per heavy atom. The van der Waals surface area contributed by atoms with Gasteiger partial charge in [-0.3, -0.25) is 4.79 Å². The van der Waals surface area contributed by atoms with Crippen molar-refractivity contribution in [2.45, 2.75) is 13.0 Å². The first-order chi connectivity index (χ1) is 11.4. The first-order valence-corrected chi connectivity index (χ1v) is 7.46. The molecule has 0 bridgehead atoms. The van der Waals surface area contributed by atoms with Crippen molar-refractivity contribution < 1.29 is 23.5 Å². The first kappa shape index (κ1) is 17.7. The van der Waals surface area contributed by atoms with Gasteiger partial charge in [-0.1, -0.05) is 17.7 Å². The van der Waals surface area contributed by atoms with E-state index in [0.29, 0.717) is 10.7 Å². The van der Waals surface area contributed by atoms with E-state index in [4.69, 9.17) is 21.1 Å². The quantitative estimate of drug-likeness (QED) is 0.810. The summed E-state index contributed by atoms with van der Waals surface area (Å²) in [6, 6.07) is 11.9. The largest absolute Gasteiger partial charge is 0.482 e. The lowest BCUT2D eigenvalue weighted by Gasteiger charge is -2.14. The minimum Gasteiger partial charge on any atom is -0.482 e. The molecule has 0 radical (unpaired) electrons. The third-order valence-electron chi connectivity index (χ3n) is 2.94. The maximum Gasteiger partial charge on any atom is 0.344 e. The van der Waals surface area contributed by atoms with Gasteiger partial charge in [0.15, 0.2) is 12.7 Å². The zero-order chi connectivity index (χ0) is 17.5. The summed E-state index contributed by atoms with van der Waals surface area (Å²) in [6.07, 6.45) is -1.01. The van der Waals surface area contributed by atoms with Crippen LogP contribution in [-0.4, -0.2) is 24.6 Å². The van der Waals surface area contributed by atoms with E-state index in [2.05, 4.69) is 5.32 Å². The van der Waals surface area contributed by atoms with Crippen LogP contribution in [0.3, 0.4) is 0 Å². The first-order valence-electron chi connectivity index (χ1n) is 7.08. The van der Waals surface area contributed by atoms with E-state index in [9.17, 15) is 14.0 Å². The van der Waals surface area contributed by atoms with Crippen LogP contribution in [0.25, 0.3) is 0 Å². The van der Waals surface area contributed by atoms with Crippen LogP contribution in [0.5, 0.6) is 5.75 Å². The number of ether oxygens (including phenoxy) is 2. The molecular formula is C17H15ClFNO4. The number of anilines is 1. The normalized spacial score (nSPS) is 11.5. The summed E-state index contributed by atoms with van der Waals surface area (Å²) in [7, 11) is 0. The highest BCUT2D eigenvalue weighted by Crippen LogP contribution is 2.14. The van der Waals surface area contributed by atoms with E-state index in [-0.39, 0.29) is 5.75 Å². The number of esters is 1. The van der Waals surface area contributed by atoms with E-state index in [0.717, 1.165) is 6.07 Å². The third-order valence-corrected chi connectivity index (χ3v) is 3.19. The van der Waals surface area contributed by atoms with Crippen LogP contribution in [0.15, 0.2) is 48.5 Å². The maximum atomic E-state index is 13.0. The molecule has 1 atom stereocenters. The highest BCUT2D eigenvalue weighted by molar-refractivity contribution is 6.30. The van der Waals surface area contributed by atoms with Crippen molar-refractivity contribution in [3.05, 3.63) is 59.4 Å². The number of hydrogen-bond donors (Lipinski definition) is 1. The summed E-state index contributed by atoms with van der Waals surface area (Å²) < 4.78 is 23.0. The van der Waals surface area contributed by atoms with Crippen LogP contribution in [0.4, 0.5) is 10.1 Å². The molecule has 0 aromatic heterocycles. The molecular weight excluding hydrogens is 337 g/mol. The van der Waals surface area contributed by atoms with Crippen LogP contribution < -0.4 is 10.1 Å². The lowest BCUT2D eigenvalue weighted by atomic mass is 10.3. The van der Waals surface area contributed by atoms with Crippen molar-refractivity contribution in [3.8, 4) is 5.75 Å². The number of amides is 1. The number of carbonyl (C=O) groups is 2. The second kappa shape index (κ2) is 8.31. The van der Waals surface area contributed by atoms with Crippen LogP contribution in [0.2, 0.25) is 5.02 Å². The molecule has 7 heteroatoms. The summed E-state index contributed by atoms with van der Waals surface area (Å²) in [5.41, 5.74) is 0.531. The summed E-state index contributed by atoms with van der Waals surface area (Å²) >= 11 is 5.76. The molecule has 0 aliphatic heterocycles. The topological polar surface area (TPSA) is 64.6 Å². The number of hydrogen-bond acceptors (Lipinski definition) is 4. The molecule has 2 rings (SSSR count). The minimum atomic E-state index is -1.01. The number of benzene rings is 2. The fraction of sp³-hybridized carbons (Fsp3) is 0.176. The molecule has 1 amide bonds. The summed E-state index contributed by atoms with van der Waals surface area (Å²) in [5, 5.41) is 3.13. The Bertz CT molecular complexity index is 721. The van der Waals surface area contributed by atoms with Crippen molar-refractivity contribution in [1.82, 2.24) is 0 Å². The SMILES string of the molecule is C[C@@H](OC(=O)COc1cccc(F)c1)C(=O)Nc1ccc(Cl)cc1. The van der Waals surface area contributed by atoms with Crippen molar-refractivity contribution >= 4 is 29.2 Å². The molecule has 0 heterocycles. The lowest BCUT2D eigenvalue weighted by molar-refractivity contribution is -0.155. The molecule has 0 saturated carbocycles. The Morgan fingerprint density at radius 3 is 2.58 bits per heavy atom. The van der Waals surface area contributed by atoms with E-state index in [1.54, 1.807) is 24.3 Å². The molecule has 0 unspecified atom stereocenters. The van der Waals surface area contributed by atoms with Gasteiger partial charge in [0, 0.05) is 16.8 Å². The molecule has 0 fully saturated rings. The predicted octanol–water partition coefficient (Wildman–Crippen LogP) is 3.43. The van der Waals surface area contributed by atoms with E-state index in [1.807, 2.05) is 0 Å². The lowest BCUT2D eigenvalue weighted by Crippen LogP contribution is -2.31. The summed E-state index contributed by atoms with van der Waals surface area (Å²) in [4.78, 5) is 23.6. The van der Waals surface area contributed by atoms with Crippen molar-refractivity contribution in [1.29, 1.82) is 0 Å². The molecule has 5 nitrogen and oxygen atoms in total. The van der Waals surface area contributed by atoms with Crippen molar-refractivity contribution in [2.24, 2.45) is 0 Å². The molecule has 2 aromatic carbocycles. The molecule has 0 spiro atoms. The van der Waals surface area contributed by atoms with Crippen LogP contribution in [0.1, 0.15) is 6.92 Å². The van der Waals surface area contributed by atoms with Gasteiger partial charge in [-0.25, -0.2) is 9.18 Å². The highest BCUT2D eigenvalue weighted by atomic mass is 35.5. The average Bonchev–Trinajstić information content (AvgIpc) is 2.55. The van der Waals surface area contributed by atoms with E-state index >= 15 is 0 Å². The Balaban J connectivity index is 1.80. The Labute approximate surface area is 143 Å². The monoisotopic (exact) mass is 351 g/mol. The molecule has 0 aliphatic carbocycles. The molecule has 1 N–H and O–H groups in total. The van der Waals surface area contributed by atoms with Gasteiger partial charge in [0.2, 0.25) is 0 Å². The number of rotatable bonds is 6. The molecule has 126 valence electrons. The van der Waals surface area contributed by atoms with Gasteiger partial charge in [0.1, 0.15) is 11.6 Å². The van der Waals surface area contributed by atoms with Gasteiger partial charge in [0.05, 0.1) is 0 Å². The summed E-state index contributed by atoms with van der Waals surface area (Å²) in [5.74, 6) is -1.50. The number of carbonyl (C=O) groups excluding carboxylic acids is 2. The minimum absolute atomic E-state index is 0.199. The second-order valence-corrected chi connectivity index (χ2v) is 5.31. The second-order valence-electron chi connectivity index (χ2n) is 4.87. The Kier molecular flexibility index (Phi) is 6.14. The van der Waals surface area contributed by atoms with E-state index in [1.165, 1.54) is 25.1 Å². The van der Waals surface area contributed by atoms with Gasteiger partial charge in [-0.05, 0) is 43.3 Å². The zero-order valence-corrected chi connectivity index (χ0v) is 13.5. The van der Waals surface area contributed by atoms with Crippen molar-refractivity contribution in [3.63, 3.8) is 0 Å². The van der Waals surface area contributed by atoms with Gasteiger partial charge in [-0.15, -0.1) is 0 Å². The number of nitrogens with one attached hydrogen (secondary N) is 1. The third kappa shape index (κ3) is 5.55. The molecule has 0 aliphatic rings. The van der Waals surface area contributed by atoms with Crippen molar-refractivity contribution in [2.75, 3.05) is 11.9 Å². The Morgan fingerprint density at radius 2 is 1.92 bits per heavy atom. The average molecular weight is 352 g/mol. The van der Waals surface area contributed by atoms with Gasteiger partial charge in [0.25, 0.3) is 5.91 Å².